The molecule has 2 unspecified atom stereocenters. The van der Waals surface area contributed by atoms with E-state index in [1.165, 1.54) is 0 Å². The summed E-state index contributed by atoms with van der Waals surface area (Å²) in [6.07, 6.45) is 6.95. The predicted octanol–water partition coefficient (Wildman–Crippen LogP) is 2.82. The molecule has 0 radical (unpaired) electrons. The molecule has 0 aromatic heterocycles. The average molecular weight is 439 g/mol. The quantitative estimate of drug-likeness (QED) is 0.388. The molecule has 156 valence electrons. The Kier molecular flexibility index (Phi) is 8.04. The fourth-order valence-electron chi connectivity index (χ4n) is 3.08. The fraction of sp³-hybridized carbons (Fsp3) is 0.300. The van der Waals surface area contributed by atoms with Gasteiger partial charge < -0.3 is 9.64 Å². The summed E-state index contributed by atoms with van der Waals surface area (Å²) >= 11 is 5.91. The minimum absolute atomic E-state index is 0.0625. The summed E-state index contributed by atoms with van der Waals surface area (Å²) in [6.45, 7) is 3.63. The molecule has 9 heteroatoms. The maximum absolute atomic E-state index is 13.1. The Bertz CT molecular complexity index is 927. The maximum atomic E-state index is 13.1. The van der Waals surface area contributed by atoms with Gasteiger partial charge in [0.1, 0.15) is 5.76 Å². The number of nitrogens with zero attached hydrogens (tertiary/aromatic N) is 1. The lowest BCUT2D eigenvalue weighted by atomic mass is 9.99. The summed E-state index contributed by atoms with van der Waals surface area (Å²) in [7, 11) is -1.48. The number of carbonyl (C=O) groups is 2. The van der Waals surface area contributed by atoms with Crippen molar-refractivity contribution in [1.82, 2.24) is 9.62 Å². The first-order valence-corrected chi connectivity index (χ1v) is 10.5. The minimum atomic E-state index is -3.02. The van der Waals surface area contributed by atoms with Crippen LogP contribution in [0.1, 0.15) is 30.6 Å². The van der Waals surface area contributed by atoms with Crippen LogP contribution >= 0.6 is 11.6 Å². The average Bonchev–Trinajstić information content (AvgIpc) is 2.97. The number of thiol groups is 1. The zero-order valence-electron chi connectivity index (χ0n) is 16.3. The summed E-state index contributed by atoms with van der Waals surface area (Å²) in [5, 5.41) is 0.519. The summed E-state index contributed by atoms with van der Waals surface area (Å²) in [6, 6.07) is 6.17. The second-order valence-electron chi connectivity index (χ2n) is 6.40. The highest BCUT2D eigenvalue weighted by Gasteiger charge is 2.35. The Labute approximate surface area is 176 Å². The van der Waals surface area contributed by atoms with Crippen LogP contribution in [0.15, 0.2) is 60.0 Å². The second-order valence-corrected chi connectivity index (χ2v) is 7.58. The van der Waals surface area contributed by atoms with E-state index < -0.39 is 16.8 Å². The van der Waals surface area contributed by atoms with Gasteiger partial charge in [-0.15, -0.1) is 0 Å². The zero-order chi connectivity index (χ0) is 21.6. The molecule has 0 spiro atoms. The highest BCUT2D eigenvalue weighted by molar-refractivity contribution is 7.71. The lowest BCUT2D eigenvalue weighted by Gasteiger charge is -2.27. The third kappa shape index (κ3) is 5.95. The normalized spacial score (nSPS) is 19.6. The number of hydrogen-bond donors (Lipinski definition) is 2. The Morgan fingerprint density at radius 1 is 1.28 bits per heavy atom. The third-order valence-corrected chi connectivity index (χ3v) is 5.26. The van der Waals surface area contributed by atoms with Crippen molar-refractivity contribution in [1.29, 1.82) is 0 Å². The van der Waals surface area contributed by atoms with Crippen LogP contribution in [0, 0.1) is 5.92 Å². The number of nitrogens with one attached hydrogen (secondary N) is 1. The van der Waals surface area contributed by atoms with Gasteiger partial charge in [0.25, 0.3) is 5.91 Å². The van der Waals surface area contributed by atoms with Gasteiger partial charge in [-0.1, -0.05) is 17.7 Å². The molecular formula is C20H23ClN2O5S. The Morgan fingerprint density at radius 3 is 2.48 bits per heavy atom. The largest absolute Gasteiger partial charge is 0.497 e. The molecule has 0 fully saturated rings. The highest BCUT2D eigenvalue weighted by atomic mass is 35.5. The molecule has 1 aromatic carbocycles. The molecule has 2 atom stereocenters. The molecule has 0 saturated carbocycles. The van der Waals surface area contributed by atoms with Crippen LogP contribution in [0.2, 0.25) is 5.02 Å². The van der Waals surface area contributed by atoms with Gasteiger partial charge >= 0.3 is 0 Å². The Morgan fingerprint density at radius 2 is 1.93 bits per heavy atom. The number of ether oxygens (including phenoxy) is 1. The van der Waals surface area contributed by atoms with Gasteiger partial charge in [-0.05, 0) is 56.3 Å². The van der Waals surface area contributed by atoms with E-state index in [1.807, 2.05) is 18.6 Å². The Balaban J connectivity index is 2.34. The van der Waals surface area contributed by atoms with Crippen molar-refractivity contribution in [3.05, 3.63) is 70.6 Å². The van der Waals surface area contributed by atoms with Crippen molar-refractivity contribution < 1.29 is 22.7 Å². The summed E-state index contributed by atoms with van der Waals surface area (Å²) in [5.41, 5.74) is 1.05. The van der Waals surface area contributed by atoms with E-state index in [2.05, 4.69) is 0 Å². The van der Waals surface area contributed by atoms with Gasteiger partial charge in [0.15, 0.2) is 0 Å². The van der Waals surface area contributed by atoms with Gasteiger partial charge in [0.05, 0.1) is 7.11 Å². The van der Waals surface area contributed by atoms with E-state index in [1.54, 1.807) is 60.6 Å². The van der Waals surface area contributed by atoms with Crippen LogP contribution in [0.25, 0.3) is 0 Å². The number of amides is 2. The van der Waals surface area contributed by atoms with Crippen LogP contribution in [0.4, 0.5) is 0 Å². The highest BCUT2D eigenvalue weighted by Crippen LogP contribution is 2.32. The molecule has 0 aliphatic carbocycles. The number of methoxy groups -OCH3 is 1. The maximum Gasteiger partial charge on any atom is 0.258 e. The third-order valence-electron chi connectivity index (χ3n) is 4.58. The lowest BCUT2D eigenvalue weighted by molar-refractivity contribution is -0.120. The van der Waals surface area contributed by atoms with Gasteiger partial charge in [-0.3, -0.25) is 14.3 Å². The van der Waals surface area contributed by atoms with Gasteiger partial charge in [-0.25, -0.2) is 8.42 Å². The number of carbonyl (C=O) groups excluding carboxylic acids is 2. The van der Waals surface area contributed by atoms with Gasteiger partial charge in [-0.2, -0.15) is 0 Å². The van der Waals surface area contributed by atoms with Crippen LogP contribution in [0.3, 0.4) is 0 Å². The van der Waals surface area contributed by atoms with E-state index in [-0.39, 0.29) is 24.3 Å². The number of benzene rings is 1. The van der Waals surface area contributed by atoms with E-state index in [4.69, 9.17) is 16.3 Å². The molecular weight excluding hydrogens is 416 g/mol. The molecule has 0 saturated heterocycles. The molecule has 1 aromatic rings. The molecule has 29 heavy (non-hydrogen) atoms. The second kappa shape index (κ2) is 10.3. The molecule has 1 aliphatic rings. The van der Waals surface area contributed by atoms with Crippen molar-refractivity contribution >= 4 is 34.3 Å². The number of halogens is 1. The molecule has 7 nitrogen and oxygen atoms in total. The van der Waals surface area contributed by atoms with E-state index in [0.717, 1.165) is 0 Å². The summed E-state index contributed by atoms with van der Waals surface area (Å²) in [4.78, 5) is 26.6. The summed E-state index contributed by atoms with van der Waals surface area (Å²) in [5.74, 6) is -0.605. The molecule has 1 heterocycles. The summed E-state index contributed by atoms with van der Waals surface area (Å²) < 4.78 is 28.6. The molecule has 1 aliphatic heterocycles. The standard InChI is InChI=1S/C20H23ClN2O5S/c1-4-18(28-3)10-9-17-11-15(12-19(24)22-29(26)27)13(2)23(17)20(25)14-5-7-16(21)8-6-14/h4-11,13,15,29H,12H2,1-3H3,(H,22,24,26,27)/b10-9-,18-4+. The van der Waals surface area contributed by atoms with Crippen LogP contribution < -0.4 is 4.72 Å². The molecule has 0 bridgehead atoms. The van der Waals surface area contributed by atoms with Crippen molar-refractivity contribution in [3.63, 3.8) is 0 Å². The van der Waals surface area contributed by atoms with Gasteiger partial charge in [0, 0.05) is 34.7 Å². The van der Waals surface area contributed by atoms with Crippen molar-refractivity contribution in [2.24, 2.45) is 5.92 Å². The topological polar surface area (TPSA) is 92.8 Å². The van der Waals surface area contributed by atoms with E-state index in [9.17, 15) is 18.0 Å². The number of hydrogen-bond acceptors (Lipinski definition) is 5. The number of allylic oxidation sites excluding steroid dienone is 3. The van der Waals surface area contributed by atoms with Crippen LogP contribution in [0.5, 0.6) is 0 Å². The first-order chi connectivity index (χ1) is 13.8. The SMILES string of the molecule is C/C=C(\C=C/C1=CC(CC(=O)N[SH](=O)=O)C(C)N1C(=O)c1ccc(Cl)cc1)OC. The van der Waals surface area contributed by atoms with Gasteiger partial charge in [0.2, 0.25) is 16.8 Å². The number of rotatable bonds is 7. The van der Waals surface area contributed by atoms with E-state index in [0.29, 0.717) is 22.0 Å². The lowest BCUT2D eigenvalue weighted by Crippen LogP contribution is -2.38. The van der Waals surface area contributed by atoms with Crippen LogP contribution in [-0.4, -0.2) is 38.3 Å². The first kappa shape index (κ1) is 22.7. The zero-order valence-corrected chi connectivity index (χ0v) is 17.9. The monoisotopic (exact) mass is 438 g/mol. The molecule has 2 rings (SSSR count). The Hall–Kier alpha value is -2.58. The van der Waals surface area contributed by atoms with Crippen LogP contribution in [-0.2, 0) is 20.4 Å². The molecule has 1 N–H and O–H groups in total. The van der Waals surface area contributed by atoms with Crippen molar-refractivity contribution in [2.45, 2.75) is 26.3 Å². The van der Waals surface area contributed by atoms with Crippen molar-refractivity contribution in [3.8, 4) is 0 Å². The minimum Gasteiger partial charge on any atom is -0.497 e. The first-order valence-electron chi connectivity index (χ1n) is 8.90. The smallest absolute Gasteiger partial charge is 0.258 e. The predicted molar refractivity (Wildman–Crippen MR) is 112 cm³/mol. The van der Waals surface area contributed by atoms with Crippen molar-refractivity contribution in [2.75, 3.05) is 7.11 Å². The van der Waals surface area contributed by atoms with E-state index >= 15 is 0 Å². The molecule has 2 amide bonds. The fourth-order valence-corrected chi connectivity index (χ4v) is 3.50.